The third-order valence-electron chi connectivity index (χ3n) is 4.83. The summed E-state index contributed by atoms with van der Waals surface area (Å²) in [6, 6.07) is 18.1. The van der Waals surface area contributed by atoms with Crippen molar-refractivity contribution >= 4 is 11.6 Å². The first kappa shape index (κ1) is 19.8. The van der Waals surface area contributed by atoms with Gasteiger partial charge >= 0.3 is 0 Å². The maximum absolute atomic E-state index is 12.6. The van der Waals surface area contributed by atoms with Gasteiger partial charge in [0.05, 0.1) is 6.54 Å². The lowest BCUT2D eigenvalue weighted by molar-refractivity contribution is 0.102. The SMILES string of the molecule is CCN(Cc1ccc(C(=O)Nc2cccc(Cn3cccn3)c2)cc1)C(C)C. The second-order valence-corrected chi connectivity index (χ2v) is 7.21. The van der Waals surface area contributed by atoms with Crippen LogP contribution < -0.4 is 5.32 Å². The summed E-state index contributed by atoms with van der Waals surface area (Å²) in [5, 5.41) is 7.21. The van der Waals surface area contributed by atoms with Gasteiger partial charge in [-0.25, -0.2) is 0 Å². The second-order valence-electron chi connectivity index (χ2n) is 7.21. The molecule has 0 spiro atoms. The van der Waals surface area contributed by atoms with E-state index in [-0.39, 0.29) is 5.91 Å². The van der Waals surface area contributed by atoms with E-state index in [0.717, 1.165) is 24.3 Å². The van der Waals surface area contributed by atoms with Crippen molar-refractivity contribution in [2.75, 3.05) is 11.9 Å². The highest BCUT2D eigenvalue weighted by molar-refractivity contribution is 6.04. The normalized spacial score (nSPS) is 11.2. The summed E-state index contributed by atoms with van der Waals surface area (Å²) in [5.74, 6) is -0.0982. The zero-order valence-corrected chi connectivity index (χ0v) is 16.8. The summed E-state index contributed by atoms with van der Waals surface area (Å²) < 4.78 is 1.86. The summed E-state index contributed by atoms with van der Waals surface area (Å²) >= 11 is 0. The molecule has 2 aromatic carbocycles. The third kappa shape index (κ3) is 5.30. The Balaban J connectivity index is 1.63. The van der Waals surface area contributed by atoms with E-state index < -0.39 is 0 Å². The zero-order valence-electron chi connectivity index (χ0n) is 16.8. The van der Waals surface area contributed by atoms with Crippen molar-refractivity contribution in [1.29, 1.82) is 0 Å². The minimum atomic E-state index is -0.0982. The van der Waals surface area contributed by atoms with Gasteiger partial charge in [-0.1, -0.05) is 31.2 Å². The number of benzene rings is 2. The molecule has 0 bridgehead atoms. The van der Waals surface area contributed by atoms with E-state index in [0.29, 0.717) is 18.2 Å². The molecule has 0 atom stereocenters. The minimum absolute atomic E-state index is 0.0982. The first-order valence-electron chi connectivity index (χ1n) is 9.76. The standard InChI is InChI=1S/C23H28N4O/c1-4-26(18(2)3)16-19-9-11-21(12-10-19)23(28)25-22-8-5-7-20(15-22)17-27-14-6-13-24-27/h5-15,18H,4,16-17H2,1-3H3,(H,25,28). The molecule has 3 rings (SSSR count). The predicted molar refractivity (Wildman–Crippen MR) is 113 cm³/mol. The number of aromatic nitrogens is 2. The summed E-state index contributed by atoms with van der Waals surface area (Å²) in [6.07, 6.45) is 3.68. The summed E-state index contributed by atoms with van der Waals surface area (Å²) in [7, 11) is 0. The van der Waals surface area contributed by atoms with Crippen molar-refractivity contribution in [1.82, 2.24) is 14.7 Å². The molecule has 3 aromatic rings. The number of hydrogen-bond acceptors (Lipinski definition) is 3. The van der Waals surface area contributed by atoms with Crippen LogP contribution in [-0.4, -0.2) is 33.2 Å². The average molecular weight is 377 g/mol. The molecule has 28 heavy (non-hydrogen) atoms. The maximum atomic E-state index is 12.6. The monoisotopic (exact) mass is 376 g/mol. The maximum Gasteiger partial charge on any atom is 0.255 e. The topological polar surface area (TPSA) is 50.2 Å². The molecule has 1 amide bonds. The van der Waals surface area contributed by atoms with Crippen LogP contribution in [0.3, 0.4) is 0 Å². The van der Waals surface area contributed by atoms with E-state index in [1.165, 1.54) is 5.56 Å². The molecule has 146 valence electrons. The van der Waals surface area contributed by atoms with Gasteiger partial charge in [0.15, 0.2) is 0 Å². The van der Waals surface area contributed by atoms with Crippen molar-refractivity contribution in [2.24, 2.45) is 0 Å². The number of amides is 1. The average Bonchev–Trinajstić information content (AvgIpc) is 3.19. The molecule has 0 aliphatic rings. The van der Waals surface area contributed by atoms with Crippen LogP contribution in [0.2, 0.25) is 0 Å². The fourth-order valence-electron chi connectivity index (χ4n) is 3.19. The molecule has 0 unspecified atom stereocenters. The minimum Gasteiger partial charge on any atom is -0.322 e. The molecule has 1 aromatic heterocycles. The van der Waals surface area contributed by atoms with E-state index in [4.69, 9.17) is 0 Å². The quantitative estimate of drug-likeness (QED) is 0.633. The number of carbonyl (C=O) groups excluding carboxylic acids is 1. The first-order valence-corrected chi connectivity index (χ1v) is 9.76. The van der Waals surface area contributed by atoms with Gasteiger partial charge in [0.1, 0.15) is 0 Å². The Labute approximate surface area is 167 Å². The molecule has 1 N–H and O–H groups in total. The number of nitrogens with zero attached hydrogens (tertiary/aromatic N) is 3. The lowest BCUT2D eigenvalue weighted by atomic mass is 10.1. The fraction of sp³-hybridized carbons (Fsp3) is 0.304. The molecule has 0 radical (unpaired) electrons. The number of carbonyl (C=O) groups is 1. The van der Waals surface area contributed by atoms with Crippen molar-refractivity contribution in [3.8, 4) is 0 Å². The van der Waals surface area contributed by atoms with Crippen LogP contribution in [0.4, 0.5) is 5.69 Å². The molecule has 0 saturated heterocycles. The van der Waals surface area contributed by atoms with Crippen LogP contribution in [0.5, 0.6) is 0 Å². The molecule has 0 saturated carbocycles. The molecule has 1 heterocycles. The number of hydrogen-bond donors (Lipinski definition) is 1. The Kier molecular flexibility index (Phi) is 6.61. The molecule has 0 aliphatic carbocycles. The van der Waals surface area contributed by atoms with E-state index in [2.05, 4.69) is 36.1 Å². The van der Waals surface area contributed by atoms with E-state index >= 15 is 0 Å². The number of anilines is 1. The highest BCUT2D eigenvalue weighted by Crippen LogP contribution is 2.15. The van der Waals surface area contributed by atoms with Crippen molar-refractivity contribution < 1.29 is 4.79 Å². The Bertz CT molecular complexity index is 885. The zero-order chi connectivity index (χ0) is 19.9. The molecule has 0 fully saturated rings. The molecule has 5 heteroatoms. The Morgan fingerprint density at radius 1 is 1.11 bits per heavy atom. The Morgan fingerprint density at radius 2 is 1.89 bits per heavy atom. The summed E-state index contributed by atoms with van der Waals surface area (Å²) in [6.45, 7) is 9.15. The van der Waals surface area contributed by atoms with E-state index in [1.54, 1.807) is 6.20 Å². The van der Waals surface area contributed by atoms with Crippen LogP contribution in [0.15, 0.2) is 67.0 Å². The van der Waals surface area contributed by atoms with E-state index in [1.807, 2.05) is 65.5 Å². The van der Waals surface area contributed by atoms with E-state index in [9.17, 15) is 4.79 Å². The smallest absolute Gasteiger partial charge is 0.255 e. The third-order valence-corrected chi connectivity index (χ3v) is 4.83. The van der Waals surface area contributed by atoms with Crippen LogP contribution in [0.25, 0.3) is 0 Å². The number of nitrogens with one attached hydrogen (secondary N) is 1. The molecule has 0 aliphatic heterocycles. The fourth-order valence-corrected chi connectivity index (χ4v) is 3.19. The van der Waals surface area contributed by atoms with Crippen LogP contribution in [-0.2, 0) is 13.1 Å². The summed E-state index contributed by atoms with van der Waals surface area (Å²) in [5.41, 5.74) is 3.75. The van der Waals surface area contributed by atoms with Gasteiger partial charge in [0, 0.05) is 36.2 Å². The Morgan fingerprint density at radius 3 is 2.54 bits per heavy atom. The van der Waals surface area contributed by atoms with Crippen molar-refractivity contribution in [3.63, 3.8) is 0 Å². The number of rotatable bonds is 8. The van der Waals surface area contributed by atoms with Gasteiger partial charge in [-0.05, 0) is 61.9 Å². The summed E-state index contributed by atoms with van der Waals surface area (Å²) in [4.78, 5) is 15.0. The highest BCUT2D eigenvalue weighted by Gasteiger charge is 2.10. The van der Waals surface area contributed by atoms with Gasteiger partial charge in [-0.2, -0.15) is 5.10 Å². The van der Waals surface area contributed by atoms with Gasteiger partial charge in [0.25, 0.3) is 5.91 Å². The Hall–Kier alpha value is -2.92. The van der Waals surface area contributed by atoms with Gasteiger partial charge in [0.2, 0.25) is 0 Å². The lowest BCUT2D eigenvalue weighted by Crippen LogP contribution is -2.29. The van der Waals surface area contributed by atoms with Crippen molar-refractivity contribution in [3.05, 3.63) is 83.7 Å². The second kappa shape index (κ2) is 9.33. The van der Waals surface area contributed by atoms with Crippen LogP contribution >= 0.6 is 0 Å². The van der Waals surface area contributed by atoms with Crippen molar-refractivity contribution in [2.45, 2.75) is 39.9 Å². The van der Waals surface area contributed by atoms with Crippen LogP contribution in [0, 0.1) is 0 Å². The molecular weight excluding hydrogens is 348 g/mol. The molecular formula is C23H28N4O. The largest absolute Gasteiger partial charge is 0.322 e. The van der Waals surface area contributed by atoms with Gasteiger partial charge < -0.3 is 5.32 Å². The van der Waals surface area contributed by atoms with Gasteiger partial charge in [-0.15, -0.1) is 0 Å². The predicted octanol–water partition coefficient (Wildman–Crippen LogP) is 4.41. The van der Waals surface area contributed by atoms with Crippen LogP contribution in [0.1, 0.15) is 42.3 Å². The molecule has 5 nitrogen and oxygen atoms in total. The van der Waals surface area contributed by atoms with Gasteiger partial charge in [-0.3, -0.25) is 14.4 Å². The highest BCUT2D eigenvalue weighted by atomic mass is 16.1. The lowest BCUT2D eigenvalue weighted by Gasteiger charge is -2.24. The first-order chi connectivity index (χ1) is 13.5.